The molecule has 2 aromatic rings. The Balaban J connectivity index is 2.17. The van der Waals surface area contributed by atoms with Crippen molar-refractivity contribution in [2.75, 3.05) is 17.7 Å². The molecule has 0 atom stereocenters. The molecule has 2 N–H and O–H groups in total. The van der Waals surface area contributed by atoms with Crippen LogP contribution in [0.25, 0.3) is 0 Å². The molecule has 17 heavy (non-hydrogen) atoms. The Bertz CT molecular complexity index is 501. The molecule has 0 radical (unpaired) electrons. The van der Waals surface area contributed by atoms with Crippen LogP contribution in [-0.2, 0) is 6.54 Å². The van der Waals surface area contributed by atoms with E-state index in [4.69, 9.17) is 5.73 Å². The monoisotopic (exact) mass is 292 g/mol. The van der Waals surface area contributed by atoms with E-state index in [2.05, 4.69) is 25.9 Å². The van der Waals surface area contributed by atoms with E-state index >= 15 is 0 Å². The van der Waals surface area contributed by atoms with Crippen LogP contribution >= 0.6 is 15.9 Å². The Hall–Kier alpha value is -1.62. The molecule has 5 heteroatoms. The lowest BCUT2D eigenvalue weighted by atomic mass is 10.2. The molecule has 0 unspecified atom stereocenters. The molecule has 4 nitrogen and oxygen atoms in total. The maximum Gasteiger partial charge on any atom is 0.143 e. The number of pyridine rings is 2. The fraction of sp³-hybridized carbons (Fsp3) is 0.167. The van der Waals surface area contributed by atoms with Gasteiger partial charge in [0.2, 0.25) is 0 Å². The minimum absolute atomic E-state index is 0.649. The number of hydrogen-bond donors (Lipinski definition) is 1. The Labute approximate surface area is 109 Å². The van der Waals surface area contributed by atoms with Gasteiger partial charge in [0, 0.05) is 26.0 Å². The zero-order valence-corrected chi connectivity index (χ0v) is 11.1. The summed E-state index contributed by atoms with van der Waals surface area (Å²) in [6, 6.07) is 5.81. The van der Waals surface area contributed by atoms with E-state index in [9.17, 15) is 0 Å². The number of halogens is 1. The van der Waals surface area contributed by atoms with Crippen LogP contribution in [0.1, 0.15) is 5.56 Å². The Morgan fingerprint density at radius 1 is 1.41 bits per heavy atom. The third-order valence-electron chi connectivity index (χ3n) is 2.35. The summed E-state index contributed by atoms with van der Waals surface area (Å²) in [5, 5.41) is 0. The summed E-state index contributed by atoms with van der Waals surface area (Å²) in [6.45, 7) is 0.753. The van der Waals surface area contributed by atoms with Gasteiger partial charge in [0.1, 0.15) is 5.82 Å². The van der Waals surface area contributed by atoms with E-state index < -0.39 is 0 Å². The smallest absolute Gasteiger partial charge is 0.143 e. The van der Waals surface area contributed by atoms with E-state index in [1.807, 2.05) is 36.3 Å². The van der Waals surface area contributed by atoms with Crippen molar-refractivity contribution in [2.45, 2.75) is 6.54 Å². The number of anilines is 2. The lowest BCUT2D eigenvalue weighted by Gasteiger charge is -2.19. The van der Waals surface area contributed by atoms with Gasteiger partial charge in [0.25, 0.3) is 0 Å². The van der Waals surface area contributed by atoms with Crippen molar-refractivity contribution < 1.29 is 0 Å². The second-order valence-corrected chi connectivity index (χ2v) is 4.65. The molecule has 0 bridgehead atoms. The van der Waals surface area contributed by atoms with Crippen molar-refractivity contribution in [3.8, 4) is 0 Å². The van der Waals surface area contributed by atoms with Gasteiger partial charge in [-0.15, -0.1) is 0 Å². The number of nitrogens with zero attached hydrogens (tertiary/aromatic N) is 3. The van der Waals surface area contributed by atoms with Gasteiger partial charge in [-0.25, -0.2) is 4.98 Å². The SMILES string of the molecule is CN(Cc1cccnc1)c1ncc(N)cc1Br. The van der Waals surface area contributed by atoms with E-state index in [0.717, 1.165) is 22.4 Å². The van der Waals surface area contributed by atoms with Crippen molar-refractivity contribution in [3.05, 3.63) is 46.8 Å². The molecule has 2 rings (SSSR count). The maximum atomic E-state index is 5.66. The van der Waals surface area contributed by atoms with Crippen LogP contribution in [0.4, 0.5) is 11.5 Å². The predicted octanol–water partition coefficient (Wildman–Crippen LogP) is 2.46. The molecule has 0 saturated heterocycles. The van der Waals surface area contributed by atoms with Gasteiger partial charge >= 0.3 is 0 Å². The Morgan fingerprint density at radius 2 is 2.24 bits per heavy atom. The summed E-state index contributed by atoms with van der Waals surface area (Å²) in [5.74, 6) is 0.864. The molecule has 0 amide bonds. The summed E-state index contributed by atoms with van der Waals surface area (Å²) in [4.78, 5) is 10.4. The van der Waals surface area contributed by atoms with Crippen LogP contribution in [0.5, 0.6) is 0 Å². The van der Waals surface area contributed by atoms with Crippen LogP contribution < -0.4 is 10.6 Å². The minimum Gasteiger partial charge on any atom is -0.397 e. The number of nitrogens with two attached hydrogens (primary N) is 1. The Morgan fingerprint density at radius 3 is 2.88 bits per heavy atom. The van der Waals surface area contributed by atoms with Crippen molar-refractivity contribution in [3.63, 3.8) is 0 Å². The number of hydrogen-bond acceptors (Lipinski definition) is 4. The molecule has 0 fully saturated rings. The van der Waals surface area contributed by atoms with Crippen molar-refractivity contribution >= 4 is 27.4 Å². The van der Waals surface area contributed by atoms with Crippen LogP contribution in [0, 0.1) is 0 Å². The normalized spacial score (nSPS) is 10.2. The molecule has 2 heterocycles. The first-order chi connectivity index (χ1) is 8.16. The van der Waals surface area contributed by atoms with Gasteiger partial charge in [-0.05, 0) is 33.6 Å². The van der Waals surface area contributed by atoms with Crippen LogP contribution in [0.15, 0.2) is 41.3 Å². The van der Waals surface area contributed by atoms with Crippen molar-refractivity contribution in [2.24, 2.45) is 0 Å². The third-order valence-corrected chi connectivity index (χ3v) is 2.93. The number of aromatic nitrogens is 2. The molecular weight excluding hydrogens is 280 g/mol. The highest BCUT2D eigenvalue weighted by Gasteiger charge is 2.08. The molecule has 0 saturated carbocycles. The quantitative estimate of drug-likeness (QED) is 0.944. The second kappa shape index (κ2) is 5.14. The van der Waals surface area contributed by atoms with Gasteiger partial charge in [0.05, 0.1) is 16.4 Å². The molecule has 0 spiro atoms. The summed E-state index contributed by atoms with van der Waals surface area (Å²) in [6.07, 6.45) is 5.27. The lowest BCUT2D eigenvalue weighted by molar-refractivity contribution is 0.888. The standard InChI is InChI=1S/C12H13BrN4/c1-17(8-9-3-2-4-15-6-9)12-11(13)5-10(14)7-16-12/h2-7H,8,14H2,1H3. The van der Waals surface area contributed by atoms with Crippen molar-refractivity contribution in [1.82, 2.24) is 9.97 Å². The fourth-order valence-corrected chi connectivity index (χ4v) is 2.24. The average Bonchev–Trinajstić information content (AvgIpc) is 2.30. The summed E-state index contributed by atoms with van der Waals surface area (Å²) in [7, 11) is 1.98. The summed E-state index contributed by atoms with van der Waals surface area (Å²) < 4.78 is 0.892. The molecule has 0 aliphatic heterocycles. The highest BCUT2D eigenvalue weighted by molar-refractivity contribution is 9.10. The van der Waals surface area contributed by atoms with Gasteiger partial charge in [-0.1, -0.05) is 6.07 Å². The molecular formula is C12H13BrN4. The van der Waals surface area contributed by atoms with E-state index in [-0.39, 0.29) is 0 Å². The van der Waals surface area contributed by atoms with Crippen LogP contribution in [0.3, 0.4) is 0 Å². The van der Waals surface area contributed by atoms with E-state index in [1.165, 1.54) is 0 Å². The van der Waals surface area contributed by atoms with Gasteiger partial charge in [-0.3, -0.25) is 4.98 Å². The largest absolute Gasteiger partial charge is 0.397 e. The topological polar surface area (TPSA) is 55.0 Å². The Kier molecular flexibility index (Phi) is 3.58. The first-order valence-corrected chi connectivity index (χ1v) is 5.97. The zero-order valence-electron chi connectivity index (χ0n) is 9.47. The lowest BCUT2D eigenvalue weighted by Crippen LogP contribution is -2.18. The molecule has 0 aliphatic carbocycles. The average molecular weight is 293 g/mol. The molecule has 0 aliphatic rings. The van der Waals surface area contributed by atoms with Gasteiger partial charge in [0.15, 0.2) is 0 Å². The summed E-state index contributed by atoms with van der Waals surface area (Å²) in [5.41, 5.74) is 7.45. The van der Waals surface area contributed by atoms with Gasteiger partial charge < -0.3 is 10.6 Å². The second-order valence-electron chi connectivity index (χ2n) is 3.79. The fourth-order valence-electron chi connectivity index (χ4n) is 1.57. The zero-order chi connectivity index (χ0) is 12.3. The number of rotatable bonds is 3. The molecule has 0 aromatic carbocycles. The molecule has 2 aromatic heterocycles. The number of nitrogen functional groups attached to an aromatic ring is 1. The van der Waals surface area contributed by atoms with E-state index in [0.29, 0.717) is 5.69 Å². The van der Waals surface area contributed by atoms with Crippen LogP contribution in [-0.4, -0.2) is 17.0 Å². The predicted molar refractivity (Wildman–Crippen MR) is 72.7 cm³/mol. The van der Waals surface area contributed by atoms with Gasteiger partial charge in [-0.2, -0.15) is 0 Å². The first-order valence-electron chi connectivity index (χ1n) is 5.18. The highest BCUT2D eigenvalue weighted by atomic mass is 79.9. The maximum absolute atomic E-state index is 5.66. The third kappa shape index (κ3) is 2.94. The highest BCUT2D eigenvalue weighted by Crippen LogP contribution is 2.25. The minimum atomic E-state index is 0.649. The molecule has 88 valence electrons. The first kappa shape index (κ1) is 11.9. The van der Waals surface area contributed by atoms with Crippen molar-refractivity contribution in [1.29, 1.82) is 0 Å². The van der Waals surface area contributed by atoms with E-state index in [1.54, 1.807) is 12.4 Å². The van der Waals surface area contributed by atoms with Crippen LogP contribution in [0.2, 0.25) is 0 Å². The summed E-state index contributed by atoms with van der Waals surface area (Å²) >= 11 is 3.46.